The zero-order valence-corrected chi connectivity index (χ0v) is 7.17. The molecule has 0 heteroatoms. The van der Waals surface area contributed by atoms with Gasteiger partial charge in [-0.05, 0) is 35.7 Å². The van der Waals surface area contributed by atoms with Crippen molar-refractivity contribution in [3.63, 3.8) is 0 Å². The van der Waals surface area contributed by atoms with E-state index in [-0.39, 0.29) is 0 Å². The van der Waals surface area contributed by atoms with Crippen LogP contribution in [0.2, 0.25) is 0 Å². The third kappa shape index (κ3) is 1.00. The maximum absolute atomic E-state index is 3.97. The Morgan fingerprint density at radius 2 is 1.75 bits per heavy atom. The maximum Gasteiger partial charge on any atom is -0.0152 e. The Hall–Kier alpha value is -1.30. The van der Waals surface area contributed by atoms with Crippen LogP contribution in [0.3, 0.4) is 0 Å². The minimum absolute atomic E-state index is 1.12. The summed E-state index contributed by atoms with van der Waals surface area (Å²) in [4.78, 5) is 0. The Labute approximate surface area is 72.8 Å². The van der Waals surface area contributed by atoms with Gasteiger partial charge in [-0.1, -0.05) is 36.4 Å². The van der Waals surface area contributed by atoms with Crippen molar-refractivity contribution in [2.75, 3.05) is 0 Å². The molecule has 0 unspecified atom stereocenters. The third-order valence-corrected chi connectivity index (χ3v) is 2.31. The van der Waals surface area contributed by atoms with Crippen LogP contribution in [0.5, 0.6) is 0 Å². The van der Waals surface area contributed by atoms with E-state index in [0.29, 0.717) is 0 Å². The van der Waals surface area contributed by atoms with Gasteiger partial charge in [-0.15, -0.1) is 0 Å². The van der Waals surface area contributed by atoms with Gasteiger partial charge in [0, 0.05) is 0 Å². The summed E-state index contributed by atoms with van der Waals surface area (Å²) in [7, 11) is 0. The van der Waals surface area contributed by atoms with Gasteiger partial charge >= 0.3 is 0 Å². The van der Waals surface area contributed by atoms with E-state index in [1.54, 1.807) is 0 Å². The van der Waals surface area contributed by atoms with Gasteiger partial charge < -0.3 is 0 Å². The van der Waals surface area contributed by atoms with Gasteiger partial charge in [0.05, 0.1) is 0 Å². The second-order valence-corrected chi connectivity index (χ2v) is 3.07. The topological polar surface area (TPSA) is 0 Å². The van der Waals surface area contributed by atoms with Crippen molar-refractivity contribution in [1.29, 1.82) is 0 Å². The molecule has 0 spiro atoms. The number of aryl methyl sites for hydroxylation is 1. The molecule has 0 aliphatic rings. The molecule has 0 saturated heterocycles. The highest BCUT2D eigenvalue weighted by molar-refractivity contribution is 5.86. The minimum Gasteiger partial charge on any atom is -0.0616 e. The molecule has 0 aliphatic heterocycles. The second kappa shape index (κ2) is 2.63. The highest BCUT2D eigenvalue weighted by Crippen LogP contribution is 2.20. The van der Waals surface area contributed by atoms with Crippen molar-refractivity contribution in [2.45, 2.75) is 6.92 Å². The van der Waals surface area contributed by atoms with Crippen molar-refractivity contribution in [3.8, 4) is 0 Å². The van der Waals surface area contributed by atoms with Gasteiger partial charge in [0.15, 0.2) is 0 Å². The number of fused-ring (bicyclic) bond motifs is 1. The fraction of sp³-hybridized carbons (Fsp3) is 0.0833. The average Bonchev–Trinajstić information content (AvgIpc) is 2.12. The highest BCUT2D eigenvalue weighted by Gasteiger charge is 1.97. The summed E-state index contributed by atoms with van der Waals surface area (Å²) in [6, 6.07) is 12.6. The lowest BCUT2D eigenvalue weighted by Crippen LogP contribution is -1.82. The molecular weight excluding hydrogens is 144 g/mol. The Morgan fingerprint density at radius 3 is 2.58 bits per heavy atom. The molecule has 0 atom stereocenters. The van der Waals surface area contributed by atoms with Gasteiger partial charge in [-0.2, -0.15) is 0 Å². The van der Waals surface area contributed by atoms with E-state index in [4.69, 9.17) is 0 Å². The third-order valence-electron chi connectivity index (χ3n) is 2.31. The zero-order valence-electron chi connectivity index (χ0n) is 7.17. The number of hydrogen-bond acceptors (Lipinski definition) is 0. The van der Waals surface area contributed by atoms with Crippen LogP contribution in [-0.4, -0.2) is 0 Å². The van der Waals surface area contributed by atoms with Crippen LogP contribution >= 0.6 is 0 Å². The van der Waals surface area contributed by atoms with E-state index in [0.717, 1.165) is 5.56 Å². The van der Waals surface area contributed by atoms with E-state index in [1.165, 1.54) is 16.3 Å². The lowest BCUT2D eigenvalue weighted by atomic mass is 10.0. The molecule has 2 aromatic rings. The predicted octanol–water partition coefficient (Wildman–Crippen LogP) is 3.33. The molecule has 0 bridgehead atoms. The van der Waals surface area contributed by atoms with Crippen LogP contribution in [0.15, 0.2) is 36.4 Å². The molecule has 0 aromatic heterocycles. The molecule has 2 aromatic carbocycles. The maximum atomic E-state index is 3.97. The van der Waals surface area contributed by atoms with Gasteiger partial charge in [-0.25, -0.2) is 0 Å². The van der Waals surface area contributed by atoms with E-state index >= 15 is 0 Å². The van der Waals surface area contributed by atoms with Crippen molar-refractivity contribution < 1.29 is 0 Å². The van der Waals surface area contributed by atoms with E-state index in [2.05, 4.69) is 50.2 Å². The van der Waals surface area contributed by atoms with Gasteiger partial charge in [0.2, 0.25) is 0 Å². The van der Waals surface area contributed by atoms with Crippen LogP contribution < -0.4 is 0 Å². The minimum atomic E-state index is 1.12. The summed E-state index contributed by atoms with van der Waals surface area (Å²) < 4.78 is 0. The highest BCUT2D eigenvalue weighted by atomic mass is 14.0. The first-order chi connectivity index (χ1) is 5.79. The quantitative estimate of drug-likeness (QED) is 0.547. The Bertz CT molecular complexity index is 413. The van der Waals surface area contributed by atoms with Gasteiger partial charge in [0.1, 0.15) is 0 Å². The molecule has 0 fully saturated rings. The molecule has 0 heterocycles. The summed E-state index contributed by atoms with van der Waals surface area (Å²) >= 11 is 0. The SMILES string of the molecule is [CH2]c1ccc2ccccc2c1C. The van der Waals surface area contributed by atoms with Crippen molar-refractivity contribution in [2.24, 2.45) is 0 Å². The van der Waals surface area contributed by atoms with Crippen LogP contribution in [0.25, 0.3) is 10.8 Å². The lowest BCUT2D eigenvalue weighted by Gasteiger charge is -2.03. The fourth-order valence-corrected chi connectivity index (χ4v) is 1.47. The normalized spacial score (nSPS) is 10.5. The van der Waals surface area contributed by atoms with E-state index in [1.807, 2.05) is 0 Å². The Balaban J connectivity index is 2.91. The number of benzene rings is 2. The van der Waals surface area contributed by atoms with E-state index < -0.39 is 0 Å². The Morgan fingerprint density at radius 1 is 1.00 bits per heavy atom. The molecule has 0 saturated carbocycles. The van der Waals surface area contributed by atoms with Crippen molar-refractivity contribution in [3.05, 3.63) is 54.4 Å². The van der Waals surface area contributed by atoms with Crippen molar-refractivity contribution in [1.82, 2.24) is 0 Å². The van der Waals surface area contributed by atoms with Crippen LogP contribution in [0.1, 0.15) is 11.1 Å². The first kappa shape index (κ1) is 7.35. The average molecular weight is 155 g/mol. The molecule has 59 valence electrons. The summed E-state index contributed by atoms with van der Waals surface area (Å²) in [5, 5.41) is 2.60. The standard InChI is InChI=1S/C12H11/c1-9-7-8-11-5-3-4-6-12(11)10(9)2/h3-8H,1H2,2H3. The molecule has 0 N–H and O–H groups in total. The predicted molar refractivity (Wildman–Crippen MR) is 53.1 cm³/mol. The molecule has 2 rings (SSSR count). The number of rotatable bonds is 0. The largest absolute Gasteiger partial charge is 0.0616 e. The summed E-state index contributed by atoms with van der Waals surface area (Å²) in [6.07, 6.45) is 0. The summed E-state index contributed by atoms with van der Waals surface area (Å²) in [5.41, 5.74) is 2.40. The monoisotopic (exact) mass is 155 g/mol. The molecule has 1 radical (unpaired) electrons. The Kier molecular flexibility index (Phi) is 1.61. The molecule has 0 amide bonds. The molecule has 0 nitrogen and oxygen atoms in total. The first-order valence-corrected chi connectivity index (χ1v) is 4.09. The van der Waals surface area contributed by atoms with E-state index in [9.17, 15) is 0 Å². The van der Waals surface area contributed by atoms with Crippen LogP contribution in [0, 0.1) is 13.8 Å². The lowest BCUT2D eigenvalue weighted by molar-refractivity contribution is 1.47. The summed E-state index contributed by atoms with van der Waals surface area (Å²) in [5.74, 6) is 0. The molecule has 0 aliphatic carbocycles. The van der Waals surface area contributed by atoms with Gasteiger partial charge in [-0.3, -0.25) is 0 Å². The molecule has 12 heavy (non-hydrogen) atoms. The second-order valence-electron chi connectivity index (χ2n) is 3.07. The van der Waals surface area contributed by atoms with Crippen LogP contribution in [0.4, 0.5) is 0 Å². The van der Waals surface area contributed by atoms with Crippen molar-refractivity contribution >= 4 is 10.8 Å². The smallest absolute Gasteiger partial charge is 0.0152 e. The zero-order chi connectivity index (χ0) is 8.55. The summed E-state index contributed by atoms with van der Waals surface area (Å²) in [6.45, 7) is 6.09. The first-order valence-electron chi connectivity index (χ1n) is 4.09. The van der Waals surface area contributed by atoms with Gasteiger partial charge in [0.25, 0.3) is 0 Å². The fourth-order valence-electron chi connectivity index (χ4n) is 1.47. The number of hydrogen-bond donors (Lipinski definition) is 0. The molecular formula is C12H11. The van der Waals surface area contributed by atoms with Crippen LogP contribution in [-0.2, 0) is 0 Å².